The molecule has 0 aliphatic carbocycles. The first-order valence-electron chi connectivity index (χ1n) is 8.30. The van der Waals surface area contributed by atoms with Gasteiger partial charge in [-0.15, -0.1) is 0 Å². The molecular weight excluding hydrogens is 487 g/mol. The summed E-state index contributed by atoms with van der Waals surface area (Å²) in [5.41, 5.74) is 0.165. The highest BCUT2D eigenvalue weighted by atomic mass is 31.3. The number of aromatic nitrogens is 2. The van der Waals surface area contributed by atoms with Crippen molar-refractivity contribution in [3.05, 3.63) is 34.6 Å². The third kappa shape index (κ3) is 6.25. The minimum absolute atomic E-state index is 0.133. The van der Waals surface area contributed by atoms with Crippen LogP contribution in [0, 0.1) is 10.1 Å². The second kappa shape index (κ2) is 8.77. The van der Waals surface area contributed by atoms with E-state index in [2.05, 4.69) is 18.1 Å². The zero-order valence-corrected chi connectivity index (χ0v) is 17.9. The van der Waals surface area contributed by atoms with Crippen LogP contribution in [0.1, 0.15) is 19.1 Å². The average molecular weight is 503 g/mol. The second-order valence-corrected chi connectivity index (χ2v) is 10.6. The summed E-state index contributed by atoms with van der Waals surface area (Å²) in [6.45, 7) is -0.576. The van der Waals surface area contributed by atoms with E-state index in [4.69, 9.17) is 19.4 Å². The highest BCUT2D eigenvalue weighted by Gasteiger charge is 2.41. The van der Waals surface area contributed by atoms with Crippen LogP contribution < -0.4 is 0 Å². The van der Waals surface area contributed by atoms with Gasteiger partial charge in [-0.25, -0.2) is 18.7 Å². The number of fused-ring (bicyclic) bond motifs is 1. The standard InChI is InChI=1S/C12H16N3O13P3/c16-15(17)10-3-5-13-12-9(10)4-6-14(12)11-2-1-8(26-11)7-25-30(21,22)28-31(23,24)27-29(18,19)20/h3-6,8,11H,1-2,7H2,(H,21,22)(H,23,24)(H2,18,19,20)/t8-,11+/m0/s1. The van der Waals surface area contributed by atoms with Crippen LogP contribution in [-0.4, -0.2) is 46.8 Å². The first kappa shape index (κ1) is 24.1. The summed E-state index contributed by atoms with van der Waals surface area (Å²) in [5.74, 6) is 0. The van der Waals surface area contributed by atoms with Crippen molar-refractivity contribution in [3.8, 4) is 0 Å². The maximum atomic E-state index is 11.8. The predicted molar refractivity (Wildman–Crippen MR) is 99.3 cm³/mol. The molecule has 3 heterocycles. The van der Waals surface area contributed by atoms with Gasteiger partial charge in [0, 0.05) is 18.5 Å². The van der Waals surface area contributed by atoms with Crippen LogP contribution >= 0.6 is 23.5 Å². The van der Waals surface area contributed by atoms with Gasteiger partial charge < -0.3 is 28.9 Å². The molecule has 2 aromatic rings. The Labute approximate surface area is 173 Å². The monoisotopic (exact) mass is 503 g/mol. The molecule has 0 aromatic carbocycles. The van der Waals surface area contributed by atoms with Crippen molar-refractivity contribution in [2.24, 2.45) is 0 Å². The molecule has 0 bridgehead atoms. The molecule has 0 radical (unpaired) electrons. The minimum Gasteiger partial charge on any atom is -0.352 e. The van der Waals surface area contributed by atoms with Gasteiger partial charge in [0.1, 0.15) is 11.9 Å². The molecule has 2 aromatic heterocycles. The van der Waals surface area contributed by atoms with Gasteiger partial charge in [0.25, 0.3) is 5.69 Å². The zero-order valence-electron chi connectivity index (χ0n) is 15.2. The van der Waals surface area contributed by atoms with Gasteiger partial charge in [-0.3, -0.25) is 14.6 Å². The van der Waals surface area contributed by atoms with Crippen molar-refractivity contribution in [2.75, 3.05) is 6.61 Å². The van der Waals surface area contributed by atoms with E-state index in [0.29, 0.717) is 23.9 Å². The number of nitrogens with zero attached hydrogens (tertiary/aromatic N) is 3. The number of pyridine rings is 1. The predicted octanol–water partition coefficient (Wildman–Crippen LogP) is 1.97. The van der Waals surface area contributed by atoms with Crippen molar-refractivity contribution in [1.82, 2.24) is 9.55 Å². The maximum absolute atomic E-state index is 11.8. The molecule has 4 atom stereocenters. The van der Waals surface area contributed by atoms with Gasteiger partial charge in [0.15, 0.2) is 0 Å². The largest absolute Gasteiger partial charge is 0.490 e. The summed E-state index contributed by atoms with van der Waals surface area (Å²) in [6.07, 6.45) is 2.12. The Hall–Kier alpha value is -1.54. The lowest BCUT2D eigenvalue weighted by Gasteiger charge is -2.19. The van der Waals surface area contributed by atoms with E-state index >= 15 is 0 Å². The topological polar surface area (TPSA) is 230 Å². The molecular formula is C12H16N3O13P3. The Bertz CT molecular complexity index is 1130. The van der Waals surface area contributed by atoms with Crippen molar-refractivity contribution >= 4 is 40.2 Å². The van der Waals surface area contributed by atoms with E-state index in [-0.39, 0.29) is 5.69 Å². The Morgan fingerprint density at radius 3 is 2.52 bits per heavy atom. The lowest BCUT2D eigenvalue weighted by molar-refractivity contribution is -0.383. The van der Waals surface area contributed by atoms with Crippen molar-refractivity contribution < 1.29 is 56.1 Å². The fraction of sp³-hybridized carbons (Fsp3) is 0.417. The second-order valence-electron chi connectivity index (χ2n) is 6.22. The summed E-state index contributed by atoms with van der Waals surface area (Å²) < 4.78 is 52.7. The van der Waals surface area contributed by atoms with E-state index in [1.165, 1.54) is 18.3 Å². The number of hydrogen-bond acceptors (Lipinski definition) is 10. The number of nitro groups is 1. The van der Waals surface area contributed by atoms with Gasteiger partial charge in [-0.1, -0.05) is 0 Å². The molecule has 19 heteroatoms. The summed E-state index contributed by atoms with van der Waals surface area (Å²) in [5, 5.41) is 11.4. The number of ether oxygens (including phenoxy) is 1. The molecule has 172 valence electrons. The Kier molecular flexibility index (Phi) is 6.82. The number of rotatable bonds is 9. The normalized spacial score (nSPS) is 23.5. The molecule has 0 spiro atoms. The van der Waals surface area contributed by atoms with Crippen molar-refractivity contribution in [1.29, 1.82) is 0 Å². The van der Waals surface area contributed by atoms with Gasteiger partial charge in [-0.2, -0.15) is 8.62 Å². The molecule has 4 N–H and O–H groups in total. The molecule has 31 heavy (non-hydrogen) atoms. The van der Waals surface area contributed by atoms with Crippen LogP contribution in [0.5, 0.6) is 0 Å². The van der Waals surface area contributed by atoms with Crippen LogP contribution in [0.4, 0.5) is 5.69 Å². The number of phosphoric acid groups is 3. The van der Waals surface area contributed by atoms with Gasteiger partial charge in [0.05, 0.1) is 23.0 Å². The molecule has 1 saturated heterocycles. The third-order valence-electron chi connectivity index (χ3n) is 4.02. The van der Waals surface area contributed by atoms with E-state index in [9.17, 15) is 28.7 Å². The lowest BCUT2D eigenvalue weighted by atomic mass is 10.2. The Balaban J connectivity index is 1.62. The molecule has 2 unspecified atom stereocenters. The van der Waals surface area contributed by atoms with Gasteiger partial charge in [-0.05, 0) is 18.9 Å². The maximum Gasteiger partial charge on any atom is 0.490 e. The van der Waals surface area contributed by atoms with E-state index in [1.54, 1.807) is 10.8 Å². The summed E-state index contributed by atoms with van der Waals surface area (Å²) in [6, 6.07) is 2.76. The third-order valence-corrected chi connectivity index (χ3v) is 7.83. The smallest absolute Gasteiger partial charge is 0.352 e. The molecule has 1 aliphatic rings. The van der Waals surface area contributed by atoms with E-state index < -0.39 is 47.3 Å². The first-order chi connectivity index (χ1) is 14.3. The van der Waals surface area contributed by atoms with Crippen LogP contribution in [0.2, 0.25) is 0 Å². The fourth-order valence-electron chi connectivity index (χ4n) is 2.93. The molecule has 1 fully saturated rings. The minimum atomic E-state index is -5.60. The highest BCUT2D eigenvalue weighted by Crippen LogP contribution is 2.66. The first-order valence-corrected chi connectivity index (χ1v) is 12.8. The van der Waals surface area contributed by atoms with E-state index in [1.807, 2.05) is 0 Å². The quantitative estimate of drug-likeness (QED) is 0.218. The molecule has 1 aliphatic heterocycles. The van der Waals surface area contributed by atoms with Gasteiger partial charge in [0.2, 0.25) is 0 Å². The molecule has 16 nitrogen and oxygen atoms in total. The lowest BCUT2D eigenvalue weighted by Crippen LogP contribution is -2.16. The number of phosphoric ester groups is 1. The van der Waals surface area contributed by atoms with Crippen LogP contribution in [0.3, 0.4) is 0 Å². The molecule has 0 saturated carbocycles. The molecule has 0 amide bonds. The van der Waals surface area contributed by atoms with Crippen molar-refractivity contribution in [3.63, 3.8) is 0 Å². The fourth-order valence-corrected chi connectivity index (χ4v) is 5.98. The Morgan fingerprint density at radius 2 is 1.87 bits per heavy atom. The number of hydrogen-bond donors (Lipinski definition) is 4. The highest BCUT2D eigenvalue weighted by molar-refractivity contribution is 7.66. The van der Waals surface area contributed by atoms with Gasteiger partial charge >= 0.3 is 23.5 Å². The van der Waals surface area contributed by atoms with Crippen LogP contribution in [0.25, 0.3) is 11.0 Å². The SMILES string of the molecule is O=[N+]([O-])c1ccnc2c1ccn2[C@H]1CC[C@@H](COP(=O)(O)OP(=O)(O)OP(=O)(O)O)O1. The summed E-state index contributed by atoms with van der Waals surface area (Å²) >= 11 is 0. The molecule has 3 rings (SSSR count). The van der Waals surface area contributed by atoms with E-state index in [0.717, 1.165) is 0 Å². The summed E-state index contributed by atoms with van der Waals surface area (Å²) in [7, 11) is -16.3. The Morgan fingerprint density at radius 1 is 1.16 bits per heavy atom. The van der Waals surface area contributed by atoms with Crippen molar-refractivity contribution in [2.45, 2.75) is 25.2 Å². The summed E-state index contributed by atoms with van der Waals surface area (Å²) in [4.78, 5) is 50.3. The zero-order chi connectivity index (χ0) is 23.0. The van der Waals surface area contributed by atoms with Crippen LogP contribution in [-0.2, 0) is 31.6 Å². The average Bonchev–Trinajstić information content (AvgIpc) is 3.22. The van der Waals surface area contributed by atoms with Crippen LogP contribution in [0.15, 0.2) is 24.5 Å².